The lowest BCUT2D eigenvalue weighted by Crippen LogP contribution is -2.30. The molecule has 1 aromatic heterocycles. The fraction of sp³-hybridized carbons (Fsp3) is 0.353. The Labute approximate surface area is 260 Å². The van der Waals surface area contributed by atoms with E-state index in [1.54, 1.807) is 12.1 Å². The van der Waals surface area contributed by atoms with Gasteiger partial charge in [-0.05, 0) is 86.1 Å². The number of aliphatic carboxylic acids is 1. The number of carbonyl (C=O) groups is 3. The minimum absolute atomic E-state index is 0.150. The Kier molecular flexibility index (Phi) is 9.06. The molecule has 0 spiro atoms. The number of para-hydroxylation sites is 1. The number of nitrogens with one attached hydrogen (secondary N) is 2. The number of hydrogen-bond acceptors (Lipinski definition) is 6. The standard InChI is InChI=1S/C34H36FN5O5/c35-25-9-10-27(24(18-25)20-31(41)42)36-33(43)23-8-11-30(39-14-4-1-5-15-39)28(19-23)37-34(44)32-26-6-2-3-7-29(26)40(38-32)21-22-12-16-45-17-13-22/h2-3,6-11,18-19,22H,1,4-5,12-17,20-21H2,(H,36,43)(H,37,44)(H,41,42). The molecule has 3 aromatic carbocycles. The van der Waals surface area contributed by atoms with E-state index in [4.69, 9.17) is 9.84 Å². The number of rotatable bonds is 9. The molecule has 4 aromatic rings. The van der Waals surface area contributed by atoms with Crippen LogP contribution in [0.5, 0.6) is 0 Å². The first-order chi connectivity index (χ1) is 21.9. The zero-order valence-corrected chi connectivity index (χ0v) is 24.9. The number of halogens is 1. The fourth-order valence-corrected chi connectivity index (χ4v) is 6.17. The van der Waals surface area contributed by atoms with Crippen molar-refractivity contribution in [1.82, 2.24) is 9.78 Å². The fourth-order valence-electron chi connectivity index (χ4n) is 6.17. The van der Waals surface area contributed by atoms with Crippen LogP contribution in [0.1, 0.15) is 58.5 Å². The number of piperidine rings is 1. The molecule has 2 saturated heterocycles. The first-order valence-corrected chi connectivity index (χ1v) is 15.4. The number of carboxylic acids is 1. The zero-order valence-electron chi connectivity index (χ0n) is 24.9. The predicted molar refractivity (Wildman–Crippen MR) is 169 cm³/mol. The van der Waals surface area contributed by atoms with Gasteiger partial charge in [0.05, 0.1) is 23.3 Å². The van der Waals surface area contributed by atoms with Crippen LogP contribution in [0.2, 0.25) is 0 Å². The maximum absolute atomic E-state index is 13.9. The minimum atomic E-state index is -1.14. The van der Waals surface area contributed by atoms with E-state index < -0.39 is 24.1 Å². The van der Waals surface area contributed by atoms with Crippen LogP contribution in [-0.2, 0) is 22.5 Å². The molecule has 3 heterocycles. The molecule has 0 unspecified atom stereocenters. The van der Waals surface area contributed by atoms with Crippen molar-refractivity contribution in [2.24, 2.45) is 5.92 Å². The predicted octanol–water partition coefficient (Wildman–Crippen LogP) is 5.72. The quantitative estimate of drug-likeness (QED) is 0.220. The SMILES string of the molecule is O=C(O)Cc1cc(F)ccc1NC(=O)c1ccc(N2CCCCC2)c(NC(=O)c2nn(CC3CCOCC3)c3ccccc23)c1. The van der Waals surface area contributed by atoms with Crippen molar-refractivity contribution in [2.75, 3.05) is 41.8 Å². The average molecular weight is 614 g/mol. The van der Waals surface area contributed by atoms with E-state index in [9.17, 15) is 23.9 Å². The number of nitrogens with zero attached hydrogens (tertiary/aromatic N) is 3. The maximum atomic E-state index is 13.9. The van der Waals surface area contributed by atoms with E-state index in [1.807, 2.05) is 35.0 Å². The van der Waals surface area contributed by atoms with E-state index in [0.29, 0.717) is 23.8 Å². The number of hydrogen-bond donors (Lipinski definition) is 3. The van der Waals surface area contributed by atoms with Gasteiger partial charge in [0.25, 0.3) is 11.8 Å². The van der Waals surface area contributed by atoms with Crippen LogP contribution in [0.25, 0.3) is 10.9 Å². The van der Waals surface area contributed by atoms with Crippen LogP contribution >= 0.6 is 0 Å². The number of ether oxygens (including phenoxy) is 1. The number of anilines is 3. The number of amides is 2. The van der Waals surface area contributed by atoms with Gasteiger partial charge in [-0.3, -0.25) is 19.1 Å². The lowest BCUT2D eigenvalue weighted by atomic mass is 10.0. The molecular formula is C34H36FN5O5. The smallest absolute Gasteiger partial charge is 0.307 e. The summed E-state index contributed by atoms with van der Waals surface area (Å²) in [7, 11) is 0. The molecule has 2 fully saturated rings. The highest BCUT2D eigenvalue weighted by Crippen LogP contribution is 2.32. The summed E-state index contributed by atoms with van der Waals surface area (Å²) < 4.78 is 21.3. The summed E-state index contributed by atoms with van der Waals surface area (Å²) >= 11 is 0. The number of fused-ring (bicyclic) bond motifs is 1. The highest BCUT2D eigenvalue weighted by atomic mass is 19.1. The topological polar surface area (TPSA) is 126 Å². The molecular weight excluding hydrogens is 577 g/mol. The van der Waals surface area contributed by atoms with Gasteiger partial charge in [-0.2, -0.15) is 5.10 Å². The first kappa shape index (κ1) is 30.3. The second-order valence-electron chi connectivity index (χ2n) is 11.7. The number of carboxylic acid groups (broad SMARTS) is 1. The molecule has 6 rings (SSSR count). The third-order valence-corrected chi connectivity index (χ3v) is 8.51. The Hall–Kier alpha value is -4.77. The van der Waals surface area contributed by atoms with E-state index in [-0.39, 0.29) is 22.7 Å². The summed E-state index contributed by atoms with van der Waals surface area (Å²) in [6, 6.07) is 16.4. The van der Waals surface area contributed by atoms with Gasteiger partial charge >= 0.3 is 5.97 Å². The van der Waals surface area contributed by atoms with Crippen LogP contribution in [0.3, 0.4) is 0 Å². The number of benzene rings is 3. The third-order valence-electron chi connectivity index (χ3n) is 8.51. The van der Waals surface area contributed by atoms with Crippen molar-refractivity contribution in [2.45, 2.75) is 45.1 Å². The van der Waals surface area contributed by atoms with Crippen LogP contribution in [0.4, 0.5) is 21.5 Å². The van der Waals surface area contributed by atoms with Crippen molar-refractivity contribution in [3.63, 3.8) is 0 Å². The molecule has 0 bridgehead atoms. The number of carbonyl (C=O) groups excluding carboxylic acids is 2. The summed E-state index contributed by atoms with van der Waals surface area (Å²) in [5.41, 5.74) is 3.08. The lowest BCUT2D eigenvalue weighted by Gasteiger charge is -2.30. The summed E-state index contributed by atoms with van der Waals surface area (Å²) in [4.78, 5) is 40.8. The molecule has 0 atom stereocenters. The van der Waals surface area contributed by atoms with Crippen molar-refractivity contribution < 1.29 is 28.6 Å². The summed E-state index contributed by atoms with van der Waals surface area (Å²) in [5.74, 6) is -2.22. The lowest BCUT2D eigenvalue weighted by molar-refractivity contribution is -0.136. The summed E-state index contributed by atoms with van der Waals surface area (Å²) in [5, 5.41) is 20.5. The molecule has 11 heteroatoms. The van der Waals surface area contributed by atoms with Gasteiger partial charge in [0, 0.05) is 49.5 Å². The summed E-state index contributed by atoms with van der Waals surface area (Å²) in [6.45, 7) is 3.79. The van der Waals surface area contributed by atoms with Crippen LogP contribution < -0.4 is 15.5 Å². The molecule has 234 valence electrons. The molecule has 0 saturated carbocycles. The largest absolute Gasteiger partial charge is 0.481 e. The van der Waals surface area contributed by atoms with Gasteiger partial charge in [-0.1, -0.05) is 18.2 Å². The van der Waals surface area contributed by atoms with E-state index in [1.165, 1.54) is 6.07 Å². The molecule has 45 heavy (non-hydrogen) atoms. The second-order valence-corrected chi connectivity index (χ2v) is 11.7. The van der Waals surface area contributed by atoms with Gasteiger partial charge in [-0.15, -0.1) is 0 Å². The average Bonchev–Trinajstić information content (AvgIpc) is 3.41. The molecule has 0 aliphatic carbocycles. The van der Waals surface area contributed by atoms with Crippen LogP contribution in [0, 0.1) is 11.7 Å². The normalized spacial score (nSPS) is 15.6. The van der Waals surface area contributed by atoms with Crippen molar-refractivity contribution >= 4 is 45.7 Å². The Balaban J connectivity index is 1.30. The molecule has 10 nitrogen and oxygen atoms in total. The molecule has 0 radical (unpaired) electrons. The van der Waals surface area contributed by atoms with Gasteiger partial charge in [0.1, 0.15) is 5.82 Å². The monoisotopic (exact) mass is 613 g/mol. The molecule has 2 aliphatic rings. The van der Waals surface area contributed by atoms with Crippen molar-refractivity contribution in [3.8, 4) is 0 Å². The Morgan fingerprint density at radius 2 is 1.67 bits per heavy atom. The highest BCUT2D eigenvalue weighted by Gasteiger charge is 2.24. The van der Waals surface area contributed by atoms with E-state index >= 15 is 0 Å². The van der Waals surface area contributed by atoms with Crippen LogP contribution in [-0.4, -0.2) is 59.0 Å². The molecule has 3 N–H and O–H groups in total. The Morgan fingerprint density at radius 3 is 2.44 bits per heavy atom. The van der Waals surface area contributed by atoms with Gasteiger partial charge in [0.15, 0.2) is 5.69 Å². The second kappa shape index (κ2) is 13.5. The molecule has 2 aliphatic heterocycles. The third kappa shape index (κ3) is 6.99. The van der Waals surface area contributed by atoms with Gasteiger partial charge in [0.2, 0.25) is 0 Å². The minimum Gasteiger partial charge on any atom is -0.481 e. The zero-order chi connectivity index (χ0) is 31.3. The van der Waals surface area contributed by atoms with E-state index in [0.717, 1.165) is 87.1 Å². The first-order valence-electron chi connectivity index (χ1n) is 15.4. The number of aromatic nitrogens is 2. The van der Waals surface area contributed by atoms with E-state index in [2.05, 4.69) is 15.5 Å². The molecule has 2 amide bonds. The Morgan fingerprint density at radius 1 is 0.911 bits per heavy atom. The summed E-state index contributed by atoms with van der Waals surface area (Å²) in [6.07, 6.45) is 4.61. The maximum Gasteiger partial charge on any atom is 0.307 e. The van der Waals surface area contributed by atoms with Crippen molar-refractivity contribution in [1.29, 1.82) is 0 Å². The highest BCUT2D eigenvalue weighted by molar-refractivity contribution is 6.13. The van der Waals surface area contributed by atoms with Crippen LogP contribution in [0.15, 0.2) is 60.7 Å². The van der Waals surface area contributed by atoms with Gasteiger partial charge < -0.3 is 25.4 Å². The Bertz CT molecular complexity index is 1730. The van der Waals surface area contributed by atoms with Gasteiger partial charge in [-0.25, -0.2) is 4.39 Å². The van der Waals surface area contributed by atoms with Crippen molar-refractivity contribution in [3.05, 3.63) is 83.3 Å².